The highest BCUT2D eigenvalue weighted by Gasteiger charge is 2.63. The van der Waals surface area contributed by atoms with E-state index in [0.717, 1.165) is 19.3 Å². The number of rotatable bonds is 2. The van der Waals surface area contributed by atoms with E-state index in [0.29, 0.717) is 5.92 Å². The Morgan fingerprint density at radius 2 is 1.88 bits per heavy atom. The summed E-state index contributed by atoms with van der Waals surface area (Å²) in [5.74, 6) is -0.283. The molecule has 0 aliphatic heterocycles. The van der Waals surface area contributed by atoms with Crippen molar-refractivity contribution in [3.63, 3.8) is 0 Å². The third-order valence-electron chi connectivity index (χ3n) is 4.52. The molecule has 2 aliphatic rings. The molecule has 4 nitrogen and oxygen atoms in total. The molecule has 0 aromatic carbocycles. The molecule has 2 aliphatic carbocycles. The standard InChI is InChI=1S/C12H18O4/c1-12(11(14)16-3)8-5-4-7(6-8)9(12)10(13)15-2/h7-9H,4-6H2,1-3H3/t7-,8-,9-,12-/m0/s1. The van der Waals surface area contributed by atoms with Crippen LogP contribution in [0.15, 0.2) is 0 Å². The second-order valence-corrected chi connectivity index (χ2v) is 5.05. The van der Waals surface area contributed by atoms with E-state index in [1.807, 2.05) is 6.92 Å². The largest absolute Gasteiger partial charge is 0.469 e. The number of esters is 2. The molecule has 0 saturated heterocycles. The van der Waals surface area contributed by atoms with Crippen molar-refractivity contribution in [2.75, 3.05) is 14.2 Å². The van der Waals surface area contributed by atoms with Gasteiger partial charge in [0.2, 0.25) is 0 Å². The Labute approximate surface area is 95.3 Å². The van der Waals surface area contributed by atoms with Gasteiger partial charge in [-0.3, -0.25) is 9.59 Å². The average Bonchev–Trinajstić information content (AvgIpc) is 2.86. The van der Waals surface area contributed by atoms with Crippen molar-refractivity contribution in [2.24, 2.45) is 23.2 Å². The maximum Gasteiger partial charge on any atom is 0.312 e. The molecule has 0 heterocycles. The fourth-order valence-corrected chi connectivity index (χ4v) is 3.69. The summed E-state index contributed by atoms with van der Waals surface area (Å²) in [6, 6.07) is 0. The monoisotopic (exact) mass is 226 g/mol. The van der Waals surface area contributed by atoms with Crippen LogP contribution in [0.5, 0.6) is 0 Å². The molecule has 0 aromatic rings. The first-order valence-electron chi connectivity index (χ1n) is 5.72. The maximum absolute atomic E-state index is 11.9. The van der Waals surface area contributed by atoms with Gasteiger partial charge in [-0.25, -0.2) is 0 Å². The lowest BCUT2D eigenvalue weighted by Crippen LogP contribution is -2.45. The quantitative estimate of drug-likeness (QED) is 0.667. The van der Waals surface area contributed by atoms with Crippen LogP contribution in [0.2, 0.25) is 0 Å². The zero-order valence-corrected chi connectivity index (χ0v) is 9.99. The van der Waals surface area contributed by atoms with Crippen molar-refractivity contribution in [1.82, 2.24) is 0 Å². The van der Waals surface area contributed by atoms with Gasteiger partial charge in [-0.2, -0.15) is 0 Å². The summed E-state index contributed by atoms with van der Waals surface area (Å²) in [5, 5.41) is 0. The molecule has 0 radical (unpaired) electrons. The summed E-state index contributed by atoms with van der Waals surface area (Å²) >= 11 is 0. The smallest absolute Gasteiger partial charge is 0.312 e. The number of carbonyl (C=O) groups is 2. The number of ether oxygens (including phenoxy) is 2. The molecule has 4 atom stereocenters. The van der Waals surface area contributed by atoms with E-state index in [1.54, 1.807) is 0 Å². The third kappa shape index (κ3) is 1.28. The SMILES string of the molecule is COC(=O)[C@@H]1[C@H]2CC[C@@H](C2)[C@]1(C)C(=O)OC. The fraction of sp³-hybridized carbons (Fsp3) is 0.833. The molecule has 0 aromatic heterocycles. The van der Waals surface area contributed by atoms with Crippen LogP contribution in [-0.2, 0) is 19.1 Å². The summed E-state index contributed by atoms with van der Waals surface area (Å²) in [6.07, 6.45) is 2.99. The molecular weight excluding hydrogens is 208 g/mol. The van der Waals surface area contributed by atoms with Crippen molar-refractivity contribution in [3.8, 4) is 0 Å². The summed E-state index contributed by atoms with van der Waals surface area (Å²) in [7, 11) is 2.76. The first-order valence-corrected chi connectivity index (χ1v) is 5.72. The molecule has 0 spiro atoms. The Balaban J connectivity index is 2.34. The van der Waals surface area contributed by atoms with E-state index in [9.17, 15) is 9.59 Å². The zero-order chi connectivity index (χ0) is 11.9. The lowest BCUT2D eigenvalue weighted by Gasteiger charge is -2.36. The Morgan fingerprint density at radius 1 is 1.19 bits per heavy atom. The van der Waals surface area contributed by atoms with Crippen LogP contribution in [0.3, 0.4) is 0 Å². The summed E-state index contributed by atoms with van der Waals surface area (Å²) in [5.41, 5.74) is -0.676. The van der Waals surface area contributed by atoms with Gasteiger partial charge in [0.25, 0.3) is 0 Å². The highest BCUT2D eigenvalue weighted by atomic mass is 16.5. The van der Waals surface area contributed by atoms with E-state index < -0.39 is 5.41 Å². The van der Waals surface area contributed by atoms with Crippen LogP contribution in [0.25, 0.3) is 0 Å². The van der Waals surface area contributed by atoms with Crippen molar-refractivity contribution in [2.45, 2.75) is 26.2 Å². The number of hydrogen-bond acceptors (Lipinski definition) is 4. The van der Waals surface area contributed by atoms with Crippen molar-refractivity contribution in [3.05, 3.63) is 0 Å². The number of fused-ring (bicyclic) bond motifs is 2. The zero-order valence-electron chi connectivity index (χ0n) is 9.99. The molecule has 4 heteroatoms. The van der Waals surface area contributed by atoms with E-state index in [2.05, 4.69) is 0 Å². The van der Waals surface area contributed by atoms with Crippen molar-refractivity contribution < 1.29 is 19.1 Å². The molecule has 0 N–H and O–H groups in total. The second kappa shape index (κ2) is 3.75. The van der Waals surface area contributed by atoms with Crippen molar-refractivity contribution >= 4 is 11.9 Å². The number of carbonyl (C=O) groups excluding carboxylic acids is 2. The molecule has 0 unspecified atom stereocenters. The van der Waals surface area contributed by atoms with Crippen LogP contribution in [0, 0.1) is 23.2 Å². The van der Waals surface area contributed by atoms with E-state index >= 15 is 0 Å². The Bertz CT molecular complexity index is 325. The topological polar surface area (TPSA) is 52.6 Å². The minimum Gasteiger partial charge on any atom is -0.469 e. The van der Waals surface area contributed by atoms with Crippen LogP contribution in [0.4, 0.5) is 0 Å². The minimum absolute atomic E-state index is 0.264. The first kappa shape index (κ1) is 11.4. The van der Waals surface area contributed by atoms with Crippen LogP contribution >= 0.6 is 0 Å². The molecule has 16 heavy (non-hydrogen) atoms. The Morgan fingerprint density at radius 3 is 2.44 bits per heavy atom. The molecule has 90 valence electrons. The van der Waals surface area contributed by atoms with E-state index in [1.165, 1.54) is 14.2 Å². The van der Waals surface area contributed by atoms with Crippen LogP contribution in [-0.4, -0.2) is 26.2 Å². The highest BCUT2D eigenvalue weighted by molar-refractivity contribution is 5.86. The molecule has 0 amide bonds. The van der Waals surface area contributed by atoms with Gasteiger partial charge in [0.1, 0.15) is 0 Å². The van der Waals surface area contributed by atoms with Gasteiger partial charge < -0.3 is 9.47 Å². The first-order chi connectivity index (χ1) is 7.55. The Kier molecular flexibility index (Phi) is 2.68. The molecule has 2 fully saturated rings. The van der Waals surface area contributed by atoms with E-state index in [-0.39, 0.29) is 23.8 Å². The number of methoxy groups -OCH3 is 2. The van der Waals surface area contributed by atoms with Crippen LogP contribution in [0.1, 0.15) is 26.2 Å². The van der Waals surface area contributed by atoms with Crippen LogP contribution < -0.4 is 0 Å². The molecule has 2 saturated carbocycles. The van der Waals surface area contributed by atoms with Gasteiger partial charge in [-0.05, 0) is 38.0 Å². The van der Waals surface area contributed by atoms with E-state index in [4.69, 9.17) is 9.47 Å². The van der Waals surface area contributed by atoms with Gasteiger partial charge in [-0.1, -0.05) is 0 Å². The molecular formula is C12H18O4. The van der Waals surface area contributed by atoms with Gasteiger partial charge in [0.15, 0.2) is 0 Å². The normalized spacial score (nSPS) is 40.8. The highest BCUT2D eigenvalue weighted by Crippen LogP contribution is 2.60. The molecule has 2 rings (SSSR count). The summed E-state index contributed by atoms with van der Waals surface area (Å²) < 4.78 is 9.70. The predicted octanol–water partition coefficient (Wildman–Crippen LogP) is 1.38. The Hall–Kier alpha value is -1.06. The predicted molar refractivity (Wildman–Crippen MR) is 56.5 cm³/mol. The third-order valence-corrected chi connectivity index (χ3v) is 4.52. The maximum atomic E-state index is 11.9. The average molecular weight is 226 g/mol. The minimum atomic E-state index is -0.676. The lowest BCUT2D eigenvalue weighted by molar-refractivity contribution is -0.169. The van der Waals surface area contributed by atoms with Gasteiger partial charge in [-0.15, -0.1) is 0 Å². The number of hydrogen-bond donors (Lipinski definition) is 0. The lowest BCUT2D eigenvalue weighted by atomic mass is 9.67. The fourth-order valence-electron chi connectivity index (χ4n) is 3.69. The second-order valence-electron chi connectivity index (χ2n) is 5.05. The van der Waals surface area contributed by atoms with Gasteiger partial charge >= 0.3 is 11.9 Å². The summed E-state index contributed by atoms with van der Waals surface area (Å²) in [6.45, 7) is 1.85. The van der Waals surface area contributed by atoms with Crippen molar-refractivity contribution in [1.29, 1.82) is 0 Å². The van der Waals surface area contributed by atoms with Gasteiger partial charge in [0, 0.05) is 0 Å². The molecule has 2 bridgehead atoms. The van der Waals surface area contributed by atoms with Gasteiger partial charge in [0.05, 0.1) is 25.6 Å². The summed E-state index contributed by atoms with van der Waals surface area (Å²) in [4.78, 5) is 23.7.